The summed E-state index contributed by atoms with van der Waals surface area (Å²) in [7, 11) is 3.54. The van der Waals surface area contributed by atoms with Crippen LogP contribution < -0.4 is 9.64 Å². The molecule has 0 bridgehead atoms. The number of anilines is 1. The molecule has 0 spiro atoms. The Kier molecular flexibility index (Phi) is 6.11. The topological polar surface area (TPSA) is 45.2 Å². The van der Waals surface area contributed by atoms with E-state index in [2.05, 4.69) is 4.90 Å². The van der Waals surface area contributed by atoms with E-state index in [1.165, 1.54) is 0 Å². The molecule has 1 N–H and O–H groups in total. The number of rotatable bonds is 6. The van der Waals surface area contributed by atoms with E-state index in [-0.39, 0.29) is 0 Å². The molecule has 1 unspecified atom stereocenters. The normalized spacial score (nSPS) is 17.5. The molecule has 1 heterocycles. The Labute approximate surface area is 131 Å². The summed E-state index contributed by atoms with van der Waals surface area (Å²) in [6.45, 7) is 4.48. The number of halogens is 1. The van der Waals surface area contributed by atoms with Crippen LogP contribution in [0.3, 0.4) is 0 Å². The summed E-state index contributed by atoms with van der Waals surface area (Å²) >= 11 is 6.13. The Bertz CT molecular complexity index is 453. The quantitative estimate of drug-likeness (QED) is 0.861. The molecule has 6 heteroatoms. The van der Waals surface area contributed by atoms with Crippen LogP contribution in [0, 0.1) is 0 Å². The van der Waals surface area contributed by atoms with Gasteiger partial charge in [0, 0.05) is 38.9 Å². The summed E-state index contributed by atoms with van der Waals surface area (Å²) in [6, 6.07) is 5.62. The van der Waals surface area contributed by atoms with Crippen molar-refractivity contribution in [2.45, 2.75) is 6.10 Å². The van der Waals surface area contributed by atoms with E-state index in [1.54, 1.807) is 7.11 Å². The number of likely N-dealkylation sites (N-methyl/N-ethyl adjacent to an activating group) is 1. The Balaban J connectivity index is 1.87. The molecule has 2 rings (SSSR count). The predicted octanol–water partition coefficient (Wildman–Crippen LogP) is 1.48. The number of hydrogen-bond acceptors (Lipinski definition) is 5. The number of morpholine rings is 1. The Morgan fingerprint density at radius 3 is 2.76 bits per heavy atom. The molecule has 21 heavy (non-hydrogen) atoms. The molecule has 0 amide bonds. The first-order valence-corrected chi connectivity index (χ1v) is 7.51. The lowest BCUT2D eigenvalue weighted by atomic mass is 10.2. The number of β-amino-alcohol motifs (C(OH)–C–C–N with tert-alkyl or cyclic N) is 1. The second-order valence-corrected chi connectivity index (χ2v) is 5.67. The van der Waals surface area contributed by atoms with Gasteiger partial charge in [0.25, 0.3) is 0 Å². The van der Waals surface area contributed by atoms with Crippen LogP contribution in [0.1, 0.15) is 0 Å². The average Bonchev–Trinajstić information content (AvgIpc) is 2.48. The highest BCUT2D eigenvalue weighted by Crippen LogP contribution is 2.28. The zero-order chi connectivity index (χ0) is 15.2. The molecule has 0 saturated carbocycles. The predicted molar refractivity (Wildman–Crippen MR) is 84.5 cm³/mol. The second kappa shape index (κ2) is 7.84. The molecule has 1 aromatic rings. The second-order valence-electron chi connectivity index (χ2n) is 5.27. The van der Waals surface area contributed by atoms with Crippen LogP contribution in [0.4, 0.5) is 5.69 Å². The van der Waals surface area contributed by atoms with Crippen molar-refractivity contribution in [3.63, 3.8) is 0 Å². The summed E-state index contributed by atoms with van der Waals surface area (Å²) in [6.07, 6.45) is -0.408. The Morgan fingerprint density at radius 1 is 1.43 bits per heavy atom. The minimum absolute atomic E-state index is 0.408. The van der Waals surface area contributed by atoms with Crippen LogP contribution in [0.25, 0.3) is 0 Å². The average molecular weight is 315 g/mol. The summed E-state index contributed by atoms with van der Waals surface area (Å²) in [5.41, 5.74) is 0.960. The fourth-order valence-electron chi connectivity index (χ4n) is 2.45. The van der Waals surface area contributed by atoms with Gasteiger partial charge in [-0.2, -0.15) is 0 Å². The maximum atomic E-state index is 10.2. The van der Waals surface area contributed by atoms with Crippen molar-refractivity contribution < 1.29 is 14.6 Å². The molecule has 1 aliphatic heterocycles. The smallest absolute Gasteiger partial charge is 0.137 e. The first-order chi connectivity index (χ1) is 10.1. The highest BCUT2D eigenvalue weighted by atomic mass is 35.5. The lowest BCUT2D eigenvalue weighted by molar-refractivity contribution is 0.0162. The van der Waals surface area contributed by atoms with Gasteiger partial charge in [-0.25, -0.2) is 0 Å². The first kappa shape index (κ1) is 16.4. The molecule has 1 aliphatic rings. The molecule has 118 valence electrons. The van der Waals surface area contributed by atoms with Crippen LogP contribution >= 0.6 is 11.6 Å². The fourth-order valence-corrected chi connectivity index (χ4v) is 2.71. The summed E-state index contributed by atoms with van der Waals surface area (Å²) in [4.78, 5) is 4.22. The maximum absolute atomic E-state index is 10.2. The van der Waals surface area contributed by atoms with Gasteiger partial charge in [-0.15, -0.1) is 0 Å². The lowest BCUT2D eigenvalue weighted by Gasteiger charge is -2.30. The van der Waals surface area contributed by atoms with Crippen molar-refractivity contribution in [2.24, 2.45) is 0 Å². The van der Waals surface area contributed by atoms with Crippen molar-refractivity contribution in [3.05, 3.63) is 23.2 Å². The maximum Gasteiger partial charge on any atom is 0.137 e. The van der Waals surface area contributed by atoms with E-state index >= 15 is 0 Å². The zero-order valence-corrected chi connectivity index (χ0v) is 13.3. The number of hydrogen-bond donors (Lipinski definition) is 1. The van der Waals surface area contributed by atoms with E-state index in [1.807, 2.05) is 30.1 Å². The molecular weight excluding hydrogens is 292 g/mol. The van der Waals surface area contributed by atoms with Crippen LogP contribution in [0.2, 0.25) is 5.02 Å². The minimum atomic E-state index is -0.408. The van der Waals surface area contributed by atoms with Crippen LogP contribution in [-0.4, -0.2) is 69.7 Å². The van der Waals surface area contributed by atoms with Crippen LogP contribution in [0.15, 0.2) is 18.2 Å². The highest BCUT2D eigenvalue weighted by molar-refractivity contribution is 6.32. The van der Waals surface area contributed by atoms with Crippen molar-refractivity contribution in [2.75, 3.05) is 58.5 Å². The van der Waals surface area contributed by atoms with Crippen molar-refractivity contribution in [1.29, 1.82) is 0 Å². The standard InChI is InChI=1S/C15H23ClN2O3/c1-17(12-3-4-15(20-2)14(16)9-12)10-13(19)11-18-5-7-21-8-6-18/h3-4,9,13,19H,5-8,10-11H2,1-2H3. The molecule has 1 aromatic carbocycles. The molecule has 0 radical (unpaired) electrons. The van der Waals surface area contributed by atoms with Crippen molar-refractivity contribution in [1.82, 2.24) is 4.90 Å². The number of ether oxygens (including phenoxy) is 2. The van der Waals surface area contributed by atoms with Gasteiger partial charge in [0.15, 0.2) is 0 Å². The molecule has 1 atom stereocenters. The third-order valence-corrected chi connectivity index (χ3v) is 3.93. The third-order valence-electron chi connectivity index (χ3n) is 3.63. The number of benzene rings is 1. The van der Waals surface area contributed by atoms with E-state index in [0.717, 1.165) is 32.0 Å². The van der Waals surface area contributed by atoms with Gasteiger partial charge in [0.2, 0.25) is 0 Å². The molecule has 5 nitrogen and oxygen atoms in total. The van der Waals surface area contributed by atoms with E-state index in [0.29, 0.717) is 23.9 Å². The Hall–Kier alpha value is -1.01. The highest BCUT2D eigenvalue weighted by Gasteiger charge is 2.16. The first-order valence-electron chi connectivity index (χ1n) is 7.13. The number of nitrogens with zero attached hydrogens (tertiary/aromatic N) is 2. The lowest BCUT2D eigenvalue weighted by Crippen LogP contribution is -2.44. The number of aliphatic hydroxyl groups is 1. The van der Waals surface area contributed by atoms with Crippen molar-refractivity contribution >= 4 is 17.3 Å². The summed E-state index contributed by atoms with van der Waals surface area (Å²) in [5, 5.41) is 10.8. The van der Waals surface area contributed by atoms with Crippen LogP contribution in [-0.2, 0) is 4.74 Å². The number of aliphatic hydroxyl groups excluding tert-OH is 1. The van der Waals surface area contributed by atoms with Gasteiger partial charge in [-0.1, -0.05) is 11.6 Å². The molecular formula is C15H23ClN2O3. The Morgan fingerprint density at radius 2 is 2.14 bits per heavy atom. The van der Waals surface area contributed by atoms with Crippen molar-refractivity contribution in [3.8, 4) is 5.75 Å². The van der Waals surface area contributed by atoms with Gasteiger partial charge < -0.3 is 19.5 Å². The van der Waals surface area contributed by atoms with Gasteiger partial charge in [0.1, 0.15) is 5.75 Å². The largest absolute Gasteiger partial charge is 0.495 e. The number of methoxy groups -OCH3 is 1. The zero-order valence-electron chi connectivity index (χ0n) is 12.6. The van der Waals surface area contributed by atoms with Gasteiger partial charge >= 0.3 is 0 Å². The minimum Gasteiger partial charge on any atom is -0.495 e. The van der Waals surface area contributed by atoms with E-state index in [4.69, 9.17) is 21.1 Å². The molecule has 0 aromatic heterocycles. The van der Waals surface area contributed by atoms with Gasteiger partial charge in [-0.05, 0) is 18.2 Å². The SMILES string of the molecule is COc1ccc(N(C)CC(O)CN2CCOCC2)cc1Cl. The summed E-state index contributed by atoms with van der Waals surface area (Å²) in [5.74, 6) is 0.655. The summed E-state index contributed by atoms with van der Waals surface area (Å²) < 4.78 is 10.4. The van der Waals surface area contributed by atoms with Gasteiger partial charge in [-0.3, -0.25) is 4.90 Å². The van der Waals surface area contributed by atoms with E-state index in [9.17, 15) is 5.11 Å². The monoisotopic (exact) mass is 314 g/mol. The molecule has 0 aliphatic carbocycles. The van der Waals surface area contributed by atoms with Crippen LogP contribution in [0.5, 0.6) is 5.75 Å². The molecule has 1 saturated heterocycles. The van der Waals surface area contributed by atoms with Gasteiger partial charge in [0.05, 0.1) is 31.5 Å². The molecule has 1 fully saturated rings. The third kappa shape index (κ3) is 4.74. The fraction of sp³-hybridized carbons (Fsp3) is 0.600. The van der Waals surface area contributed by atoms with E-state index < -0.39 is 6.10 Å².